The Morgan fingerprint density at radius 2 is 1.56 bits per heavy atom. The van der Waals surface area contributed by atoms with Crippen molar-refractivity contribution in [2.75, 3.05) is 5.32 Å². The first-order chi connectivity index (χ1) is 21.1. The molecular formula is C34H29N5O4. The van der Waals surface area contributed by atoms with E-state index in [0.29, 0.717) is 24.2 Å². The maximum atomic E-state index is 12.9. The molecule has 43 heavy (non-hydrogen) atoms. The highest BCUT2D eigenvalue weighted by molar-refractivity contribution is 6.03. The first-order valence-corrected chi connectivity index (χ1v) is 14.2. The zero-order valence-electron chi connectivity index (χ0n) is 23.2. The normalized spacial score (nSPS) is 18.6. The molecule has 1 amide bonds. The maximum absolute atomic E-state index is 12.9. The fourth-order valence-electron chi connectivity index (χ4n) is 5.39. The third-order valence-electron chi connectivity index (χ3n) is 7.66. The largest absolute Gasteiger partial charge is 0.392 e. The summed E-state index contributed by atoms with van der Waals surface area (Å²) >= 11 is 0. The lowest BCUT2D eigenvalue weighted by Crippen LogP contribution is -2.32. The number of rotatable bonds is 7. The summed E-state index contributed by atoms with van der Waals surface area (Å²) in [7, 11) is 0. The summed E-state index contributed by atoms with van der Waals surface area (Å²) in [5.74, 6) is -0.338. The molecule has 2 N–H and O–H groups in total. The van der Waals surface area contributed by atoms with E-state index in [0.717, 1.165) is 33.2 Å². The van der Waals surface area contributed by atoms with Crippen LogP contribution in [-0.2, 0) is 22.6 Å². The smallest absolute Gasteiger partial charge is 0.275 e. The molecule has 0 bridgehead atoms. The van der Waals surface area contributed by atoms with Gasteiger partial charge in [0.2, 0.25) is 0 Å². The Morgan fingerprint density at radius 3 is 2.35 bits per heavy atom. The first kappa shape index (κ1) is 26.9. The summed E-state index contributed by atoms with van der Waals surface area (Å²) in [4.78, 5) is 26.2. The number of aliphatic hydroxyl groups is 1. The molecule has 3 heterocycles. The Hall–Kier alpha value is -4.96. The van der Waals surface area contributed by atoms with Gasteiger partial charge in [0.15, 0.2) is 6.29 Å². The van der Waals surface area contributed by atoms with Gasteiger partial charge >= 0.3 is 0 Å². The monoisotopic (exact) mass is 571 g/mol. The standard InChI is InChI=1S/C34H29N5O4/c40-20-22-9-11-23(12-10-22)32-17-26(19-39-21-36-29-7-3-4-8-31(29)39)42-34(43-32)24-13-15-25(16-14-24)37-33(41)30-18-35-27-5-1-2-6-28(27)38-30/h1-16,18,21,26,32,34,40H,17,19-20H2,(H,37,41)/t26-,32+,34+/m1/s1. The molecule has 1 fully saturated rings. The van der Waals surface area contributed by atoms with Crippen molar-refractivity contribution in [2.24, 2.45) is 0 Å². The highest BCUT2D eigenvalue weighted by Gasteiger charge is 2.32. The SMILES string of the molecule is O=C(Nc1ccc([C@H]2O[C@@H](Cn3cnc4ccccc43)C[C@@H](c3ccc(CO)cc3)O2)cc1)c1cnc2ccccc2n1. The van der Waals surface area contributed by atoms with Crippen molar-refractivity contribution in [1.82, 2.24) is 19.5 Å². The zero-order chi connectivity index (χ0) is 29.2. The minimum absolute atomic E-state index is 0.00973. The minimum atomic E-state index is -0.618. The number of hydrogen-bond acceptors (Lipinski definition) is 7. The molecule has 3 atom stereocenters. The van der Waals surface area contributed by atoms with E-state index in [1.54, 1.807) is 0 Å². The third kappa shape index (κ3) is 5.74. The average molecular weight is 572 g/mol. The van der Waals surface area contributed by atoms with Gasteiger partial charge in [-0.2, -0.15) is 0 Å². The number of anilines is 1. The predicted molar refractivity (Wildman–Crippen MR) is 162 cm³/mol. The fraction of sp³-hybridized carbons (Fsp3) is 0.176. The number of nitrogens with zero attached hydrogens (tertiary/aromatic N) is 4. The van der Waals surface area contributed by atoms with E-state index < -0.39 is 6.29 Å². The van der Waals surface area contributed by atoms with E-state index in [1.807, 2.05) is 97.3 Å². The maximum Gasteiger partial charge on any atom is 0.275 e. The topological polar surface area (TPSA) is 111 Å². The number of amides is 1. The minimum Gasteiger partial charge on any atom is -0.392 e. The summed E-state index contributed by atoms with van der Waals surface area (Å²) in [6.07, 6.45) is 3.00. The number of imidazole rings is 1. The molecule has 0 saturated carbocycles. The molecule has 0 radical (unpaired) electrons. The number of carbonyl (C=O) groups is 1. The molecule has 1 aliphatic heterocycles. The summed E-state index contributed by atoms with van der Waals surface area (Å²) < 4.78 is 15.1. The van der Waals surface area contributed by atoms with Crippen molar-refractivity contribution in [3.8, 4) is 0 Å². The van der Waals surface area contributed by atoms with Crippen molar-refractivity contribution in [3.05, 3.63) is 132 Å². The fourth-order valence-corrected chi connectivity index (χ4v) is 5.39. The van der Waals surface area contributed by atoms with Crippen molar-refractivity contribution in [1.29, 1.82) is 0 Å². The second-order valence-corrected chi connectivity index (χ2v) is 10.6. The Labute approximate surface area is 247 Å². The van der Waals surface area contributed by atoms with Crippen molar-refractivity contribution < 1.29 is 19.4 Å². The quantitative estimate of drug-likeness (QED) is 0.243. The van der Waals surface area contributed by atoms with Crippen LogP contribution in [0.4, 0.5) is 5.69 Å². The van der Waals surface area contributed by atoms with Gasteiger partial charge in [-0.15, -0.1) is 0 Å². The molecule has 9 heteroatoms. The van der Waals surface area contributed by atoms with Crippen LogP contribution in [0.3, 0.4) is 0 Å². The average Bonchev–Trinajstić information content (AvgIpc) is 3.47. The Morgan fingerprint density at radius 1 is 0.837 bits per heavy atom. The lowest BCUT2D eigenvalue weighted by atomic mass is 10.00. The van der Waals surface area contributed by atoms with Crippen LogP contribution in [0, 0.1) is 0 Å². The van der Waals surface area contributed by atoms with Gasteiger partial charge in [0.25, 0.3) is 5.91 Å². The molecule has 9 nitrogen and oxygen atoms in total. The molecule has 4 aromatic carbocycles. The van der Waals surface area contributed by atoms with Gasteiger partial charge in [-0.3, -0.25) is 9.78 Å². The Bertz CT molecular complexity index is 1890. The molecule has 0 unspecified atom stereocenters. The van der Waals surface area contributed by atoms with Crippen LogP contribution >= 0.6 is 0 Å². The summed E-state index contributed by atoms with van der Waals surface area (Å²) in [5, 5.41) is 12.4. The van der Waals surface area contributed by atoms with Crippen LogP contribution < -0.4 is 5.32 Å². The molecule has 0 aliphatic carbocycles. The number of fused-ring (bicyclic) bond motifs is 2. The molecular weight excluding hydrogens is 542 g/mol. The molecule has 1 saturated heterocycles. The van der Waals surface area contributed by atoms with Gasteiger partial charge in [-0.25, -0.2) is 9.97 Å². The van der Waals surface area contributed by atoms with Crippen LogP contribution in [0.5, 0.6) is 0 Å². The lowest BCUT2D eigenvalue weighted by molar-refractivity contribution is -0.252. The zero-order valence-corrected chi connectivity index (χ0v) is 23.2. The number of hydrogen-bond donors (Lipinski definition) is 2. The molecule has 6 aromatic rings. The van der Waals surface area contributed by atoms with Crippen molar-refractivity contribution in [2.45, 2.75) is 38.1 Å². The molecule has 214 valence electrons. The van der Waals surface area contributed by atoms with Gasteiger partial charge in [0, 0.05) is 17.7 Å². The molecule has 0 spiro atoms. The molecule has 2 aromatic heterocycles. The van der Waals surface area contributed by atoms with E-state index in [9.17, 15) is 9.90 Å². The first-order valence-electron chi connectivity index (χ1n) is 14.2. The van der Waals surface area contributed by atoms with E-state index >= 15 is 0 Å². The predicted octanol–water partition coefficient (Wildman–Crippen LogP) is 5.97. The van der Waals surface area contributed by atoms with Crippen LogP contribution in [0.2, 0.25) is 0 Å². The summed E-state index contributed by atoms with van der Waals surface area (Å²) in [5.41, 5.74) is 6.95. The third-order valence-corrected chi connectivity index (χ3v) is 7.66. The van der Waals surface area contributed by atoms with Crippen molar-refractivity contribution >= 4 is 33.7 Å². The second kappa shape index (κ2) is 11.7. The van der Waals surface area contributed by atoms with E-state index in [2.05, 4.69) is 30.9 Å². The lowest BCUT2D eigenvalue weighted by Gasteiger charge is -2.36. The second-order valence-electron chi connectivity index (χ2n) is 10.6. The Kier molecular flexibility index (Phi) is 7.34. The highest BCUT2D eigenvalue weighted by atomic mass is 16.7. The van der Waals surface area contributed by atoms with Crippen molar-refractivity contribution in [3.63, 3.8) is 0 Å². The number of carbonyl (C=O) groups excluding carboxylic acids is 1. The van der Waals surface area contributed by atoms with E-state index in [1.165, 1.54) is 6.20 Å². The van der Waals surface area contributed by atoms with Crippen LogP contribution in [0.1, 0.15) is 46.0 Å². The molecule has 1 aliphatic rings. The van der Waals surface area contributed by atoms with E-state index in [-0.39, 0.29) is 30.4 Å². The van der Waals surface area contributed by atoms with Gasteiger partial charge in [-0.1, -0.05) is 60.7 Å². The summed E-state index contributed by atoms with van der Waals surface area (Å²) in [6, 6.07) is 30.7. The van der Waals surface area contributed by atoms with Gasteiger partial charge < -0.3 is 24.5 Å². The molecule has 7 rings (SSSR count). The van der Waals surface area contributed by atoms with Crippen LogP contribution in [-0.4, -0.2) is 36.6 Å². The van der Waals surface area contributed by atoms with E-state index in [4.69, 9.17) is 9.47 Å². The van der Waals surface area contributed by atoms with Crippen LogP contribution in [0.25, 0.3) is 22.1 Å². The van der Waals surface area contributed by atoms with Gasteiger partial charge in [0.05, 0.1) is 60.0 Å². The number of aliphatic hydroxyl groups excluding tert-OH is 1. The number of nitrogens with one attached hydrogen (secondary N) is 1. The Balaban J connectivity index is 1.10. The van der Waals surface area contributed by atoms with Gasteiger partial charge in [0.1, 0.15) is 5.69 Å². The number of benzene rings is 4. The van der Waals surface area contributed by atoms with Crippen LogP contribution in [0.15, 0.2) is 110 Å². The highest BCUT2D eigenvalue weighted by Crippen LogP contribution is 2.39. The summed E-state index contributed by atoms with van der Waals surface area (Å²) in [6.45, 7) is 0.608. The number of para-hydroxylation sites is 4. The number of aromatic nitrogens is 4. The number of ether oxygens (including phenoxy) is 2. The van der Waals surface area contributed by atoms with Gasteiger partial charge in [-0.05, 0) is 47.5 Å².